The number of fused-ring (bicyclic) bond motifs is 2. The van der Waals surface area contributed by atoms with Gasteiger partial charge in [0.1, 0.15) is 5.82 Å². The maximum atomic E-state index is 13.8. The first kappa shape index (κ1) is 16.1. The lowest BCUT2D eigenvalue weighted by Gasteiger charge is -2.44. The number of hydrogen-bond acceptors (Lipinski definition) is 0. The summed E-state index contributed by atoms with van der Waals surface area (Å²) in [4.78, 5) is 0. The molecule has 0 N–H and O–H groups in total. The topological polar surface area (TPSA) is 0 Å². The first-order valence-electron chi connectivity index (χ1n) is 9.67. The molecular formula is C21H30FP. The van der Waals surface area contributed by atoms with E-state index in [2.05, 4.69) is 22.2 Å². The van der Waals surface area contributed by atoms with Gasteiger partial charge in [-0.05, 0) is 98.1 Å². The second kappa shape index (κ2) is 6.47. The predicted octanol–water partition coefficient (Wildman–Crippen LogP) is 5.28. The number of hydrogen-bond donors (Lipinski definition) is 0. The lowest BCUT2D eigenvalue weighted by molar-refractivity contribution is 0.0757. The van der Waals surface area contributed by atoms with Gasteiger partial charge in [0.25, 0.3) is 0 Å². The van der Waals surface area contributed by atoms with E-state index >= 15 is 0 Å². The van der Waals surface area contributed by atoms with Crippen molar-refractivity contribution in [3.63, 3.8) is 0 Å². The SMILES string of the molecule is CC1CCC2CC(C3CCc4c(ccc(F)c4P)C3)CCC2C1. The summed E-state index contributed by atoms with van der Waals surface area (Å²) in [6, 6.07) is 3.72. The number of rotatable bonds is 1. The number of halogens is 1. The van der Waals surface area contributed by atoms with E-state index in [1.807, 2.05) is 0 Å². The molecule has 0 saturated heterocycles. The average molecular weight is 332 g/mol. The standard InChI is InChI=1S/C21H30FP/c1-13-2-3-15-11-16(5-4-14(15)10-13)17-6-8-19-18(12-17)7-9-20(22)21(19)23/h7,9,13-17H,2-6,8,10-12,23H2,1H3. The van der Waals surface area contributed by atoms with Gasteiger partial charge in [-0.1, -0.05) is 19.4 Å². The highest BCUT2D eigenvalue weighted by Crippen LogP contribution is 2.48. The minimum atomic E-state index is -0.0518. The molecule has 6 atom stereocenters. The van der Waals surface area contributed by atoms with E-state index in [4.69, 9.17) is 0 Å². The van der Waals surface area contributed by atoms with Crippen LogP contribution in [0.15, 0.2) is 12.1 Å². The summed E-state index contributed by atoms with van der Waals surface area (Å²) in [5.74, 6) is 4.72. The van der Waals surface area contributed by atoms with Gasteiger partial charge in [-0.25, -0.2) is 4.39 Å². The van der Waals surface area contributed by atoms with Crippen molar-refractivity contribution >= 4 is 14.5 Å². The van der Waals surface area contributed by atoms with E-state index in [0.29, 0.717) is 0 Å². The van der Waals surface area contributed by atoms with Crippen LogP contribution in [0.4, 0.5) is 4.39 Å². The molecule has 1 aromatic rings. The zero-order valence-corrected chi connectivity index (χ0v) is 15.5. The maximum absolute atomic E-state index is 13.8. The molecule has 1 aromatic carbocycles. The van der Waals surface area contributed by atoms with Crippen LogP contribution in [0.3, 0.4) is 0 Å². The van der Waals surface area contributed by atoms with E-state index in [-0.39, 0.29) is 5.82 Å². The lowest BCUT2D eigenvalue weighted by Crippen LogP contribution is -2.35. The molecule has 0 nitrogen and oxygen atoms in total. The Morgan fingerprint density at radius 1 is 0.913 bits per heavy atom. The highest BCUT2D eigenvalue weighted by Gasteiger charge is 2.37. The molecule has 6 unspecified atom stereocenters. The second-order valence-corrected chi connectivity index (χ2v) is 9.19. The van der Waals surface area contributed by atoms with Crippen molar-refractivity contribution < 1.29 is 4.39 Å². The van der Waals surface area contributed by atoms with Crippen molar-refractivity contribution in [1.29, 1.82) is 0 Å². The molecule has 0 bridgehead atoms. The predicted molar refractivity (Wildman–Crippen MR) is 98.6 cm³/mol. The van der Waals surface area contributed by atoms with Crippen LogP contribution in [0.5, 0.6) is 0 Å². The largest absolute Gasteiger partial charge is 0.206 e. The molecule has 0 radical (unpaired) electrons. The first-order valence-corrected chi connectivity index (χ1v) is 10.2. The minimum absolute atomic E-state index is 0.0518. The van der Waals surface area contributed by atoms with Crippen LogP contribution in [-0.2, 0) is 12.8 Å². The summed E-state index contributed by atoms with van der Waals surface area (Å²) in [6.07, 6.45) is 12.4. The highest BCUT2D eigenvalue weighted by molar-refractivity contribution is 7.27. The van der Waals surface area contributed by atoms with Gasteiger partial charge in [-0.15, -0.1) is 9.24 Å². The third-order valence-corrected chi connectivity index (χ3v) is 7.85. The van der Waals surface area contributed by atoms with Gasteiger partial charge < -0.3 is 0 Å². The van der Waals surface area contributed by atoms with Crippen LogP contribution in [-0.4, -0.2) is 0 Å². The molecule has 0 amide bonds. The summed E-state index contributed by atoms with van der Waals surface area (Å²) in [7, 11) is 2.63. The van der Waals surface area contributed by atoms with Crippen molar-refractivity contribution in [3.8, 4) is 0 Å². The zero-order valence-electron chi connectivity index (χ0n) is 14.4. The average Bonchev–Trinajstić information content (AvgIpc) is 2.57. The summed E-state index contributed by atoms with van der Waals surface area (Å²) in [5.41, 5.74) is 2.71. The van der Waals surface area contributed by atoms with Gasteiger partial charge in [-0.2, -0.15) is 0 Å². The Bertz CT molecular complexity index is 581. The molecule has 3 aliphatic carbocycles. The highest BCUT2D eigenvalue weighted by atomic mass is 31.0. The Morgan fingerprint density at radius 2 is 1.61 bits per heavy atom. The van der Waals surface area contributed by atoms with Crippen molar-refractivity contribution in [3.05, 3.63) is 29.1 Å². The molecule has 0 heterocycles. The molecular weight excluding hydrogens is 302 g/mol. The quantitative estimate of drug-likeness (QED) is 0.614. The third-order valence-electron chi connectivity index (χ3n) is 7.23. The molecule has 2 heteroatoms. The summed E-state index contributed by atoms with van der Waals surface area (Å²) >= 11 is 0. The van der Waals surface area contributed by atoms with E-state index < -0.39 is 0 Å². The summed E-state index contributed by atoms with van der Waals surface area (Å²) < 4.78 is 13.8. The fraction of sp³-hybridized carbons (Fsp3) is 0.714. The fourth-order valence-electron chi connectivity index (χ4n) is 5.87. The van der Waals surface area contributed by atoms with E-state index in [1.54, 1.807) is 6.07 Å². The molecule has 4 rings (SSSR count). The van der Waals surface area contributed by atoms with Gasteiger partial charge in [0.05, 0.1) is 0 Å². The monoisotopic (exact) mass is 332 g/mol. The Balaban J connectivity index is 1.45. The molecule has 2 fully saturated rings. The van der Waals surface area contributed by atoms with Gasteiger partial charge in [0.2, 0.25) is 0 Å². The minimum Gasteiger partial charge on any atom is -0.206 e. The number of benzene rings is 1. The maximum Gasteiger partial charge on any atom is 0.130 e. The second-order valence-electron chi connectivity index (χ2n) is 8.61. The third kappa shape index (κ3) is 3.11. The van der Waals surface area contributed by atoms with Crippen molar-refractivity contribution in [1.82, 2.24) is 0 Å². The smallest absolute Gasteiger partial charge is 0.130 e. The molecule has 0 aliphatic heterocycles. The van der Waals surface area contributed by atoms with Crippen LogP contribution in [0.25, 0.3) is 0 Å². The van der Waals surface area contributed by atoms with Gasteiger partial charge in [0.15, 0.2) is 0 Å². The Morgan fingerprint density at radius 3 is 2.43 bits per heavy atom. The molecule has 23 heavy (non-hydrogen) atoms. The first-order chi connectivity index (χ1) is 11.1. The summed E-state index contributed by atoms with van der Waals surface area (Å²) in [6.45, 7) is 2.44. The molecule has 0 spiro atoms. The molecule has 126 valence electrons. The molecule has 2 saturated carbocycles. The Hall–Kier alpha value is -0.420. The van der Waals surface area contributed by atoms with Crippen LogP contribution >= 0.6 is 9.24 Å². The zero-order chi connectivity index (χ0) is 16.0. The van der Waals surface area contributed by atoms with Gasteiger partial charge in [-0.3, -0.25) is 0 Å². The van der Waals surface area contributed by atoms with E-state index in [0.717, 1.165) is 41.3 Å². The normalized spacial score (nSPS) is 37.1. The van der Waals surface area contributed by atoms with Gasteiger partial charge in [0, 0.05) is 5.30 Å². The van der Waals surface area contributed by atoms with Crippen molar-refractivity contribution in [2.24, 2.45) is 29.6 Å². The van der Waals surface area contributed by atoms with Crippen molar-refractivity contribution in [2.45, 2.75) is 64.7 Å². The van der Waals surface area contributed by atoms with Crippen LogP contribution in [0.1, 0.15) is 63.0 Å². The van der Waals surface area contributed by atoms with E-state index in [9.17, 15) is 4.39 Å². The Labute approximate surface area is 142 Å². The van der Waals surface area contributed by atoms with E-state index in [1.165, 1.54) is 62.5 Å². The Kier molecular flexibility index (Phi) is 4.52. The summed E-state index contributed by atoms with van der Waals surface area (Å²) in [5, 5.41) is 0.825. The van der Waals surface area contributed by atoms with Gasteiger partial charge >= 0.3 is 0 Å². The molecule has 3 aliphatic rings. The van der Waals surface area contributed by atoms with Crippen LogP contribution in [0, 0.1) is 35.4 Å². The lowest BCUT2D eigenvalue weighted by atomic mass is 9.61. The van der Waals surface area contributed by atoms with Crippen LogP contribution in [0.2, 0.25) is 0 Å². The molecule has 0 aromatic heterocycles. The van der Waals surface area contributed by atoms with Crippen LogP contribution < -0.4 is 5.30 Å². The van der Waals surface area contributed by atoms with Crippen molar-refractivity contribution in [2.75, 3.05) is 0 Å². The fourth-order valence-corrected chi connectivity index (χ4v) is 6.30.